The number of ether oxygens (including phenoxy) is 2. The zero-order valence-electron chi connectivity index (χ0n) is 9.99. The third-order valence-corrected chi connectivity index (χ3v) is 2.88. The minimum Gasteiger partial charge on any atom is -0.480 e. The van der Waals surface area contributed by atoms with E-state index in [1.54, 1.807) is 6.92 Å². The molecular formula is C11H21NO4. The molecule has 1 fully saturated rings. The normalized spacial score (nSPS) is 24.2. The van der Waals surface area contributed by atoms with E-state index >= 15 is 0 Å². The van der Waals surface area contributed by atoms with Gasteiger partial charge >= 0.3 is 5.97 Å². The Morgan fingerprint density at radius 2 is 2.44 bits per heavy atom. The molecule has 1 aliphatic rings. The molecule has 5 nitrogen and oxygen atoms in total. The highest BCUT2D eigenvalue weighted by Crippen LogP contribution is 2.13. The molecule has 2 N–H and O–H groups in total. The van der Waals surface area contributed by atoms with E-state index in [-0.39, 0.29) is 6.10 Å². The Hall–Kier alpha value is -0.650. The van der Waals surface area contributed by atoms with Crippen LogP contribution >= 0.6 is 0 Å². The van der Waals surface area contributed by atoms with Crippen LogP contribution < -0.4 is 5.32 Å². The number of carbonyl (C=O) groups is 1. The number of likely N-dealkylation sites (N-methyl/N-ethyl adjacent to an activating group) is 1. The molecule has 0 spiro atoms. The van der Waals surface area contributed by atoms with E-state index in [1.807, 2.05) is 6.92 Å². The molecular weight excluding hydrogens is 210 g/mol. The third-order valence-electron chi connectivity index (χ3n) is 2.88. The molecule has 1 heterocycles. The molecule has 0 radical (unpaired) electrons. The quantitative estimate of drug-likeness (QED) is 0.673. The number of hydrogen-bond acceptors (Lipinski definition) is 4. The minimum atomic E-state index is -0.895. The summed E-state index contributed by atoms with van der Waals surface area (Å²) in [7, 11) is 0. The molecule has 0 bridgehead atoms. The summed E-state index contributed by atoms with van der Waals surface area (Å²) in [6.07, 6.45) is 1.51. The maximum absolute atomic E-state index is 11.1. The Labute approximate surface area is 96.1 Å². The van der Waals surface area contributed by atoms with Gasteiger partial charge in [-0.2, -0.15) is 0 Å². The average molecular weight is 231 g/mol. The second-order valence-electron chi connectivity index (χ2n) is 4.27. The van der Waals surface area contributed by atoms with Gasteiger partial charge in [0.15, 0.2) is 0 Å². The summed E-state index contributed by atoms with van der Waals surface area (Å²) in [5.41, 5.74) is -0.895. The Bertz CT molecular complexity index is 228. The van der Waals surface area contributed by atoms with Crippen molar-refractivity contribution < 1.29 is 19.4 Å². The Kier molecular flexibility index (Phi) is 5.18. The standard InChI is InChI=1S/C11H21NO4/c1-3-12-11(2,10(13)14)5-7-16-9-4-6-15-8-9/h9,12H,3-8H2,1-2H3,(H,13,14). The first kappa shape index (κ1) is 13.4. The van der Waals surface area contributed by atoms with E-state index < -0.39 is 11.5 Å². The van der Waals surface area contributed by atoms with Crippen LogP contribution in [0.3, 0.4) is 0 Å². The van der Waals surface area contributed by atoms with Gasteiger partial charge in [0.25, 0.3) is 0 Å². The Morgan fingerprint density at radius 1 is 1.69 bits per heavy atom. The van der Waals surface area contributed by atoms with Gasteiger partial charge < -0.3 is 19.9 Å². The molecule has 1 saturated heterocycles. The summed E-state index contributed by atoms with van der Waals surface area (Å²) in [6, 6.07) is 0. The van der Waals surface area contributed by atoms with Crippen molar-refractivity contribution in [3.63, 3.8) is 0 Å². The van der Waals surface area contributed by atoms with Crippen molar-refractivity contribution in [2.45, 2.75) is 38.3 Å². The second-order valence-corrected chi connectivity index (χ2v) is 4.27. The smallest absolute Gasteiger partial charge is 0.323 e. The van der Waals surface area contributed by atoms with Gasteiger partial charge in [-0.15, -0.1) is 0 Å². The first-order valence-electron chi connectivity index (χ1n) is 5.76. The monoisotopic (exact) mass is 231 g/mol. The zero-order valence-corrected chi connectivity index (χ0v) is 9.99. The number of rotatable bonds is 7. The molecule has 94 valence electrons. The lowest BCUT2D eigenvalue weighted by Gasteiger charge is -2.26. The van der Waals surface area contributed by atoms with E-state index in [4.69, 9.17) is 14.6 Å². The van der Waals surface area contributed by atoms with Crippen LogP contribution in [-0.2, 0) is 14.3 Å². The summed E-state index contributed by atoms with van der Waals surface area (Å²) >= 11 is 0. The average Bonchev–Trinajstić information content (AvgIpc) is 2.70. The molecule has 0 aromatic carbocycles. The molecule has 5 heteroatoms. The fourth-order valence-electron chi connectivity index (χ4n) is 1.74. The summed E-state index contributed by atoms with van der Waals surface area (Å²) < 4.78 is 10.7. The first-order chi connectivity index (χ1) is 7.58. The molecule has 2 unspecified atom stereocenters. The first-order valence-corrected chi connectivity index (χ1v) is 5.76. The molecule has 0 aromatic rings. The van der Waals surface area contributed by atoms with Gasteiger partial charge in [0.1, 0.15) is 5.54 Å². The Morgan fingerprint density at radius 3 is 2.94 bits per heavy atom. The van der Waals surface area contributed by atoms with Crippen LogP contribution in [0.1, 0.15) is 26.7 Å². The summed E-state index contributed by atoms with van der Waals surface area (Å²) in [5.74, 6) is -0.833. The predicted molar refractivity (Wildman–Crippen MR) is 59.5 cm³/mol. The van der Waals surface area contributed by atoms with Crippen LogP contribution in [0.25, 0.3) is 0 Å². The zero-order chi connectivity index (χ0) is 12.0. The molecule has 0 amide bonds. The summed E-state index contributed by atoms with van der Waals surface area (Å²) in [5, 5.41) is 12.1. The highest BCUT2D eigenvalue weighted by Gasteiger charge is 2.32. The van der Waals surface area contributed by atoms with Gasteiger partial charge in [0.05, 0.1) is 12.7 Å². The number of aliphatic carboxylic acids is 1. The van der Waals surface area contributed by atoms with Crippen molar-refractivity contribution in [1.82, 2.24) is 5.32 Å². The van der Waals surface area contributed by atoms with Crippen molar-refractivity contribution in [2.24, 2.45) is 0 Å². The molecule has 0 aliphatic carbocycles. The lowest BCUT2D eigenvalue weighted by Crippen LogP contribution is -2.50. The fourth-order valence-corrected chi connectivity index (χ4v) is 1.74. The van der Waals surface area contributed by atoms with Crippen molar-refractivity contribution in [2.75, 3.05) is 26.4 Å². The molecule has 2 atom stereocenters. The van der Waals surface area contributed by atoms with Crippen molar-refractivity contribution in [1.29, 1.82) is 0 Å². The minimum absolute atomic E-state index is 0.139. The van der Waals surface area contributed by atoms with Crippen molar-refractivity contribution >= 4 is 5.97 Å². The number of hydrogen-bond donors (Lipinski definition) is 2. The molecule has 1 rings (SSSR count). The van der Waals surface area contributed by atoms with Crippen LogP contribution in [0.5, 0.6) is 0 Å². The van der Waals surface area contributed by atoms with E-state index in [0.717, 1.165) is 13.0 Å². The summed E-state index contributed by atoms with van der Waals surface area (Å²) in [6.45, 7) is 6.04. The van der Waals surface area contributed by atoms with Crippen LogP contribution in [0, 0.1) is 0 Å². The number of carboxylic acid groups (broad SMARTS) is 1. The van der Waals surface area contributed by atoms with Gasteiger partial charge in [0, 0.05) is 13.2 Å². The second kappa shape index (κ2) is 6.18. The summed E-state index contributed by atoms with van der Waals surface area (Å²) in [4.78, 5) is 11.1. The van der Waals surface area contributed by atoms with Crippen LogP contribution in [0.15, 0.2) is 0 Å². The van der Waals surface area contributed by atoms with E-state index in [1.165, 1.54) is 0 Å². The van der Waals surface area contributed by atoms with Gasteiger partial charge in [-0.3, -0.25) is 4.79 Å². The van der Waals surface area contributed by atoms with Crippen molar-refractivity contribution in [3.8, 4) is 0 Å². The lowest BCUT2D eigenvalue weighted by atomic mass is 9.98. The van der Waals surface area contributed by atoms with Gasteiger partial charge in [0.2, 0.25) is 0 Å². The number of nitrogens with one attached hydrogen (secondary N) is 1. The van der Waals surface area contributed by atoms with Crippen LogP contribution in [0.4, 0.5) is 0 Å². The van der Waals surface area contributed by atoms with Gasteiger partial charge in [-0.25, -0.2) is 0 Å². The number of carboxylic acids is 1. The molecule has 0 saturated carbocycles. The topological polar surface area (TPSA) is 67.8 Å². The predicted octanol–water partition coefficient (Wildman–Crippen LogP) is 0.635. The molecule has 16 heavy (non-hydrogen) atoms. The SMILES string of the molecule is CCNC(C)(CCOC1CCOC1)C(=O)O. The Balaban J connectivity index is 2.29. The van der Waals surface area contributed by atoms with Crippen LogP contribution in [0.2, 0.25) is 0 Å². The van der Waals surface area contributed by atoms with Gasteiger partial charge in [-0.05, 0) is 26.3 Å². The fraction of sp³-hybridized carbons (Fsp3) is 0.909. The van der Waals surface area contributed by atoms with Crippen LogP contribution in [-0.4, -0.2) is 49.1 Å². The van der Waals surface area contributed by atoms with E-state index in [0.29, 0.717) is 26.2 Å². The maximum atomic E-state index is 11.1. The van der Waals surface area contributed by atoms with Crippen molar-refractivity contribution in [3.05, 3.63) is 0 Å². The van der Waals surface area contributed by atoms with E-state index in [9.17, 15) is 4.79 Å². The lowest BCUT2D eigenvalue weighted by molar-refractivity contribution is -0.145. The largest absolute Gasteiger partial charge is 0.480 e. The van der Waals surface area contributed by atoms with E-state index in [2.05, 4.69) is 5.32 Å². The highest BCUT2D eigenvalue weighted by molar-refractivity contribution is 5.78. The van der Waals surface area contributed by atoms with Gasteiger partial charge in [-0.1, -0.05) is 6.92 Å². The molecule has 0 aromatic heterocycles. The molecule has 1 aliphatic heterocycles. The maximum Gasteiger partial charge on any atom is 0.323 e. The third kappa shape index (κ3) is 3.73. The highest BCUT2D eigenvalue weighted by atomic mass is 16.5.